The van der Waals surface area contributed by atoms with Crippen molar-refractivity contribution in [3.05, 3.63) is 385 Å². The van der Waals surface area contributed by atoms with Gasteiger partial charge in [0.1, 0.15) is 0 Å². The molecule has 21 rings (SSSR count). The Hall–Kier alpha value is -13.0. The largest absolute Gasteiger partial charge is 0.486 e. The van der Waals surface area contributed by atoms with Gasteiger partial charge in [0.2, 0.25) is 11.4 Å². The number of hydrogen-bond donors (Lipinski definition) is 0. The zero-order valence-corrected chi connectivity index (χ0v) is 85.8. The first-order chi connectivity index (χ1) is 63.8. The van der Waals surface area contributed by atoms with Crippen LogP contribution in [0.5, 0.6) is 0 Å². The van der Waals surface area contributed by atoms with Gasteiger partial charge in [-0.3, -0.25) is 9.97 Å². The third-order valence-electron chi connectivity index (χ3n) is 24.7. The summed E-state index contributed by atoms with van der Waals surface area (Å²) in [6.07, 6.45) is 6.48. The van der Waals surface area contributed by atoms with Crippen LogP contribution in [0.2, 0.25) is 39.3 Å². The number of imidazole rings is 2. The number of hydrogen-bond acceptors (Lipinski definition) is 8. The Morgan fingerprint density at radius 1 is 0.328 bits per heavy atom. The third-order valence-corrected chi connectivity index (χ3v) is 28.8. The monoisotopic (exact) mass is 2140 g/mol. The fraction of sp³-hybridized carbons (Fsp3) is 0.183. The van der Waals surface area contributed by atoms with Gasteiger partial charge < -0.3 is 27.9 Å². The minimum Gasteiger partial charge on any atom is -0.486 e. The van der Waals surface area contributed by atoms with Crippen LogP contribution in [0.4, 0.5) is 0 Å². The van der Waals surface area contributed by atoms with E-state index in [0.717, 1.165) is 141 Å². The van der Waals surface area contributed by atoms with Crippen molar-refractivity contribution in [3.8, 4) is 101 Å². The molecule has 0 saturated carbocycles. The molecule has 0 bridgehead atoms. The van der Waals surface area contributed by atoms with Crippen molar-refractivity contribution >= 4 is 103 Å². The molecule has 8 aromatic heterocycles. The second-order valence-electron chi connectivity index (χ2n) is 38.1. The number of nitrogens with zero attached hydrogens (tertiary/aromatic N) is 8. The van der Waals surface area contributed by atoms with E-state index in [0.29, 0.717) is 23.3 Å². The fourth-order valence-electron chi connectivity index (χ4n) is 18.4. The number of pyridine rings is 4. The van der Waals surface area contributed by atoms with Crippen LogP contribution >= 0.6 is 0 Å². The van der Waals surface area contributed by atoms with Gasteiger partial charge in [0, 0.05) is 85.9 Å². The number of furan rings is 2. The minimum absolute atomic E-state index is 0. The smallest absolute Gasteiger partial charge is 0.216 e. The summed E-state index contributed by atoms with van der Waals surface area (Å²) in [4.78, 5) is 29.7. The molecular formula is C120H110Ir2N8O2Si2-4. The maximum absolute atomic E-state index is 6.66. The number of para-hydroxylation sites is 4. The van der Waals surface area contributed by atoms with Gasteiger partial charge in [-0.1, -0.05) is 291 Å². The van der Waals surface area contributed by atoms with E-state index in [1.54, 1.807) is 0 Å². The molecule has 0 N–H and O–H groups in total. The van der Waals surface area contributed by atoms with E-state index >= 15 is 0 Å². The molecule has 134 heavy (non-hydrogen) atoms. The molecule has 0 aliphatic carbocycles. The maximum atomic E-state index is 6.66. The zero-order chi connectivity index (χ0) is 91.6. The topological polar surface area (TPSA) is 113 Å². The van der Waals surface area contributed by atoms with Crippen molar-refractivity contribution in [2.45, 2.75) is 133 Å². The molecule has 0 aliphatic rings. The summed E-state index contributed by atoms with van der Waals surface area (Å²) in [5, 5.41) is 9.42. The van der Waals surface area contributed by atoms with Crippen LogP contribution in [-0.2, 0) is 53.1 Å². The third kappa shape index (κ3) is 19.8. The van der Waals surface area contributed by atoms with Gasteiger partial charge in [-0.25, -0.2) is 9.97 Å². The average molecular weight is 2140 g/mol. The zero-order valence-electron chi connectivity index (χ0n) is 79.0. The number of aryl methyl sites for hydroxylation is 2. The predicted octanol–water partition coefficient (Wildman–Crippen LogP) is 30.8. The molecule has 0 unspecified atom stereocenters. The van der Waals surface area contributed by atoms with Crippen LogP contribution in [0.25, 0.3) is 178 Å². The van der Waals surface area contributed by atoms with Crippen LogP contribution in [-0.4, -0.2) is 55.2 Å². The SMILES string of the molecule is CC(C)Cc1cc(-c2[c-]cccc2)ncc1[Si](C)(C)C.CC(C)Cc1cc(-c2[c-]cccc2)ncc1[Si](C)(C)C.CC(C)c1cc(-c2ccc3ccccc3c2)cc(C(C)C)c1-n1c(-c2[c-]ccc3c2oc2nc(-c4ccccc4)ccc23)nc2ccccc21.Cc1cc(-c2ccccc2)cc(C)c1-n1c(-c2[c-]ccc3c2oc2nc(-c4ccccc4)ccc23)nc2ccccc21.[Ir].[Ir]. The fourth-order valence-corrected chi connectivity index (χ4v) is 21.6. The molecule has 0 atom stereocenters. The van der Waals surface area contributed by atoms with Crippen LogP contribution in [0.15, 0.2) is 337 Å². The van der Waals surface area contributed by atoms with Crippen molar-refractivity contribution in [1.29, 1.82) is 0 Å². The van der Waals surface area contributed by atoms with Gasteiger partial charge in [-0.05, 0) is 206 Å². The molecule has 0 saturated heterocycles. The van der Waals surface area contributed by atoms with E-state index in [4.69, 9.17) is 28.8 Å². The Bertz CT molecular complexity index is 7600. The molecular weight excluding hydrogens is 2030 g/mol. The summed E-state index contributed by atoms with van der Waals surface area (Å²) in [7, 11) is -2.68. The Kier molecular flexibility index (Phi) is 28.4. The average Bonchev–Trinajstić information content (AvgIpc) is 1.57. The van der Waals surface area contributed by atoms with Crippen LogP contribution in [0, 0.1) is 49.9 Å². The maximum Gasteiger partial charge on any atom is 0.216 e. The summed E-state index contributed by atoms with van der Waals surface area (Å²) in [5.41, 5.74) is 31.4. The number of rotatable bonds is 18. The molecule has 8 heterocycles. The normalized spacial score (nSPS) is 11.6. The summed E-state index contributed by atoms with van der Waals surface area (Å²) in [5.74, 6) is 3.44. The Morgan fingerprint density at radius 2 is 0.731 bits per heavy atom. The van der Waals surface area contributed by atoms with Crippen molar-refractivity contribution in [2.75, 3.05) is 0 Å². The van der Waals surface area contributed by atoms with Gasteiger partial charge in [-0.2, -0.15) is 0 Å². The number of aromatic nitrogens is 8. The van der Waals surface area contributed by atoms with E-state index in [2.05, 4.69) is 383 Å². The van der Waals surface area contributed by atoms with E-state index in [9.17, 15) is 0 Å². The van der Waals surface area contributed by atoms with E-state index in [1.165, 1.54) is 82.5 Å². The standard InChI is InChI=1S/C46H36N3O.C38H26N3O.2C18H24NSi.2Ir/c1-28(2)38-26-34(33-22-21-30-13-8-9-16-32(30)25-33)27-39(29(3)4)43(38)49-42-20-11-10-19-41(42)47-45(49)37-18-12-17-35-36-23-24-40(31-14-6-5-7-15-31)48-46(36)50-44(35)37;1-24-22-28(26-12-5-3-6-13-26)23-25(2)35(24)41-34-19-10-9-18-33(34)39-37(41)31-17-11-16-29-30-20-21-32(27-14-7-4-8-15-27)40-38(30)42-36(29)31;2*1-14(2)11-16-12-17(15-9-7-6-8-10-15)19-13-18(16)20(3,4)5;;/h5-17,19-29H,1-4H3;3-16,18-23H,1-2H3;2*6-9,12-14H,11H2,1-5H3;;/q4*-1;;. The Labute approximate surface area is 816 Å². The molecule has 672 valence electrons. The summed E-state index contributed by atoms with van der Waals surface area (Å²) in [6.45, 7) is 37.0. The molecule has 14 heteroatoms. The molecule has 10 nitrogen and oxygen atoms in total. The van der Waals surface area contributed by atoms with Crippen molar-refractivity contribution in [3.63, 3.8) is 0 Å². The first kappa shape index (κ1) is 94.2. The van der Waals surface area contributed by atoms with Gasteiger partial charge in [0.15, 0.2) is 0 Å². The molecule has 2 radical (unpaired) electrons. The molecule has 0 fully saturated rings. The van der Waals surface area contributed by atoms with Gasteiger partial charge >= 0.3 is 0 Å². The number of benzene rings is 13. The molecule has 21 aromatic rings. The van der Waals surface area contributed by atoms with Crippen LogP contribution in [0.1, 0.15) is 101 Å². The Morgan fingerprint density at radius 3 is 1.16 bits per heavy atom. The van der Waals surface area contributed by atoms with Crippen molar-refractivity contribution < 1.29 is 49.0 Å². The van der Waals surface area contributed by atoms with Crippen LogP contribution in [0.3, 0.4) is 0 Å². The second-order valence-corrected chi connectivity index (χ2v) is 48.2. The summed E-state index contributed by atoms with van der Waals surface area (Å²) < 4.78 is 17.8. The van der Waals surface area contributed by atoms with Crippen LogP contribution < -0.4 is 10.4 Å². The summed E-state index contributed by atoms with van der Waals surface area (Å²) >= 11 is 0. The molecule has 0 aliphatic heterocycles. The molecule has 0 spiro atoms. The molecule has 13 aromatic carbocycles. The van der Waals surface area contributed by atoms with Crippen molar-refractivity contribution in [1.82, 2.24) is 39.0 Å². The first-order valence-electron chi connectivity index (χ1n) is 46.2. The second kappa shape index (κ2) is 40.4. The van der Waals surface area contributed by atoms with E-state index < -0.39 is 16.1 Å². The van der Waals surface area contributed by atoms with Gasteiger partial charge in [-0.15, -0.1) is 108 Å². The Balaban J connectivity index is 0.000000139. The predicted molar refractivity (Wildman–Crippen MR) is 558 cm³/mol. The van der Waals surface area contributed by atoms with Gasteiger partial charge in [0.05, 0.1) is 72.4 Å². The quantitative estimate of drug-likeness (QED) is 0.0617. The first-order valence-corrected chi connectivity index (χ1v) is 53.2. The van der Waals surface area contributed by atoms with E-state index in [1.807, 2.05) is 97.1 Å². The summed E-state index contributed by atoms with van der Waals surface area (Å²) in [6, 6.07) is 123. The minimum atomic E-state index is -1.34. The molecule has 0 amide bonds. The van der Waals surface area contributed by atoms with Gasteiger partial charge in [0.25, 0.3) is 0 Å². The number of fused-ring (bicyclic) bond motifs is 9. The van der Waals surface area contributed by atoms with E-state index in [-0.39, 0.29) is 52.0 Å². The van der Waals surface area contributed by atoms with Crippen molar-refractivity contribution in [2.24, 2.45) is 11.8 Å².